The molecule has 0 aromatic heterocycles. The first-order chi connectivity index (χ1) is 17.0. The van der Waals surface area contributed by atoms with Gasteiger partial charge in [0.15, 0.2) is 5.78 Å². The van der Waals surface area contributed by atoms with Gasteiger partial charge in [0, 0.05) is 12.8 Å². The van der Waals surface area contributed by atoms with Gasteiger partial charge < -0.3 is 16.0 Å². The van der Waals surface area contributed by atoms with Gasteiger partial charge in [0.25, 0.3) is 0 Å². The Morgan fingerprint density at radius 1 is 0.622 bits per heavy atom. The fraction of sp³-hybridized carbons (Fsp3) is 0.778. The number of carbonyl (C=O) groups is 6. The molecule has 0 bridgehead atoms. The number of Topliss-reactive ketones (excluding diaryl/α,β-unsaturated/α-hetero) is 1. The van der Waals surface area contributed by atoms with Crippen molar-refractivity contribution in [2.45, 2.75) is 113 Å². The van der Waals surface area contributed by atoms with Gasteiger partial charge in [-0.15, -0.1) is 0 Å². The van der Waals surface area contributed by atoms with E-state index < -0.39 is 54.0 Å². The molecule has 0 heterocycles. The van der Waals surface area contributed by atoms with Crippen LogP contribution >= 0.6 is 0 Å². The molecule has 0 aromatic rings. The Hall–Kier alpha value is -2.78. The lowest BCUT2D eigenvalue weighted by molar-refractivity contribution is -0.136. The van der Waals surface area contributed by atoms with Gasteiger partial charge in [0.05, 0.1) is 12.5 Å². The molecule has 0 fully saturated rings. The lowest BCUT2D eigenvalue weighted by atomic mass is 9.96. The number of hydrogen-bond acceptors (Lipinski definition) is 6. The maximum absolute atomic E-state index is 13.0. The molecule has 0 rings (SSSR count). The molecule has 0 radical (unpaired) electrons. The average Bonchev–Trinajstić information content (AvgIpc) is 2.74. The smallest absolute Gasteiger partial charge is 0.248 e. The van der Waals surface area contributed by atoms with Crippen molar-refractivity contribution in [3.05, 3.63) is 0 Å². The summed E-state index contributed by atoms with van der Waals surface area (Å²) in [7, 11) is 0. The van der Waals surface area contributed by atoms with Gasteiger partial charge in [-0.2, -0.15) is 0 Å². The zero-order valence-corrected chi connectivity index (χ0v) is 24.0. The Morgan fingerprint density at radius 2 is 1.22 bits per heavy atom. The van der Waals surface area contributed by atoms with Gasteiger partial charge in [0.2, 0.25) is 29.5 Å². The van der Waals surface area contributed by atoms with Crippen molar-refractivity contribution >= 4 is 35.3 Å². The summed E-state index contributed by atoms with van der Waals surface area (Å²) >= 11 is 0. The maximum Gasteiger partial charge on any atom is 0.248 e. The Kier molecular flexibility index (Phi) is 15.6. The van der Waals surface area contributed by atoms with Crippen LogP contribution in [0.2, 0.25) is 0 Å². The van der Waals surface area contributed by atoms with Crippen LogP contribution in [0.25, 0.3) is 0 Å². The summed E-state index contributed by atoms with van der Waals surface area (Å²) in [6, 6.07) is -2.76. The minimum absolute atomic E-state index is 0.0481. The molecule has 0 unspecified atom stereocenters. The van der Waals surface area contributed by atoms with Crippen molar-refractivity contribution in [2.75, 3.05) is 0 Å². The van der Waals surface area contributed by atoms with E-state index in [4.69, 9.17) is 0 Å². The summed E-state index contributed by atoms with van der Waals surface area (Å²) < 4.78 is 0. The molecule has 10 nitrogen and oxygen atoms in total. The van der Waals surface area contributed by atoms with E-state index in [-0.39, 0.29) is 36.5 Å². The summed E-state index contributed by atoms with van der Waals surface area (Å²) in [4.78, 5) is 74.7. The first-order valence-corrected chi connectivity index (χ1v) is 13.3. The van der Waals surface area contributed by atoms with Gasteiger partial charge in [-0.05, 0) is 43.4 Å². The summed E-state index contributed by atoms with van der Waals surface area (Å²) in [5, 5.41) is 10.1. The molecule has 37 heavy (non-hydrogen) atoms. The van der Waals surface area contributed by atoms with Crippen LogP contribution in [-0.4, -0.2) is 53.4 Å². The number of hydrogen-bond donors (Lipinski definition) is 4. The third-order valence-corrected chi connectivity index (χ3v) is 5.59. The summed E-state index contributed by atoms with van der Waals surface area (Å²) in [6.07, 6.45) is 0.885. The molecule has 10 heteroatoms. The molecule has 5 amide bonds. The molecule has 4 N–H and O–H groups in total. The van der Waals surface area contributed by atoms with Crippen LogP contribution in [-0.2, 0) is 28.8 Å². The summed E-state index contributed by atoms with van der Waals surface area (Å²) in [6.45, 7) is 16.5. The highest BCUT2D eigenvalue weighted by molar-refractivity contribution is 6.04. The lowest BCUT2D eigenvalue weighted by Crippen LogP contribution is -2.54. The largest absolute Gasteiger partial charge is 0.344 e. The average molecular weight is 525 g/mol. The number of imide groups is 1. The third kappa shape index (κ3) is 15.2. The fourth-order valence-corrected chi connectivity index (χ4v) is 3.51. The first-order valence-electron chi connectivity index (χ1n) is 13.3. The zero-order valence-electron chi connectivity index (χ0n) is 24.0. The predicted octanol–water partition coefficient (Wildman–Crippen LogP) is 2.25. The van der Waals surface area contributed by atoms with Crippen molar-refractivity contribution in [1.82, 2.24) is 21.3 Å². The number of rotatable bonds is 16. The van der Waals surface area contributed by atoms with Gasteiger partial charge in [-0.25, -0.2) is 0 Å². The molecular formula is C27H48N4O6. The van der Waals surface area contributed by atoms with E-state index in [2.05, 4.69) is 21.3 Å². The van der Waals surface area contributed by atoms with E-state index in [1.54, 1.807) is 13.8 Å². The van der Waals surface area contributed by atoms with Gasteiger partial charge in [-0.1, -0.05) is 55.4 Å². The van der Waals surface area contributed by atoms with Gasteiger partial charge >= 0.3 is 0 Å². The van der Waals surface area contributed by atoms with E-state index in [0.717, 1.165) is 0 Å². The monoisotopic (exact) mass is 524 g/mol. The topological polar surface area (TPSA) is 151 Å². The molecule has 0 saturated carbocycles. The molecule has 0 aliphatic carbocycles. The fourth-order valence-electron chi connectivity index (χ4n) is 3.51. The van der Waals surface area contributed by atoms with E-state index in [9.17, 15) is 28.8 Å². The van der Waals surface area contributed by atoms with Crippen LogP contribution in [0.1, 0.15) is 94.4 Å². The molecule has 0 aromatic carbocycles. The van der Waals surface area contributed by atoms with Crippen LogP contribution in [0.15, 0.2) is 0 Å². The summed E-state index contributed by atoms with van der Waals surface area (Å²) in [5.74, 6) is -2.71. The second-order valence-electron chi connectivity index (χ2n) is 11.4. The van der Waals surface area contributed by atoms with Crippen molar-refractivity contribution < 1.29 is 28.8 Å². The molecule has 0 aliphatic heterocycles. The standard InChI is InChI=1S/C27H48N4O6/c1-15(2)10-11-22(33)31-26(36)19(9)28-24(35)14-21(32)20(12-16(3)4)29-27(37)25(18(7)8)30-23(34)13-17(5)6/h15-20,25H,10-14H2,1-9H3,(H,28,35)(H,29,37)(H,30,34)(H,31,33,36)/t19-,20+,25+/m1/s1. The normalized spacial score (nSPS) is 13.8. The molecule has 212 valence electrons. The second-order valence-corrected chi connectivity index (χ2v) is 11.4. The van der Waals surface area contributed by atoms with Crippen LogP contribution in [0.5, 0.6) is 0 Å². The van der Waals surface area contributed by atoms with Crippen molar-refractivity contribution in [1.29, 1.82) is 0 Å². The lowest BCUT2D eigenvalue weighted by Gasteiger charge is -2.26. The minimum Gasteiger partial charge on any atom is -0.344 e. The van der Waals surface area contributed by atoms with Crippen LogP contribution in [0, 0.1) is 23.7 Å². The molecule has 0 aliphatic rings. The van der Waals surface area contributed by atoms with Crippen molar-refractivity contribution in [3.63, 3.8) is 0 Å². The Labute approximate surface area is 221 Å². The Morgan fingerprint density at radius 3 is 1.70 bits per heavy atom. The Balaban J connectivity index is 5.14. The highest BCUT2D eigenvalue weighted by atomic mass is 16.2. The van der Waals surface area contributed by atoms with E-state index in [0.29, 0.717) is 18.8 Å². The first kappa shape index (κ1) is 34.2. The number of carbonyl (C=O) groups excluding carboxylic acids is 6. The number of nitrogens with one attached hydrogen (secondary N) is 4. The maximum atomic E-state index is 13.0. The van der Waals surface area contributed by atoms with Gasteiger partial charge in [-0.3, -0.25) is 34.1 Å². The van der Waals surface area contributed by atoms with E-state index >= 15 is 0 Å². The highest BCUT2D eigenvalue weighted by Gasteiger charge is 2.30. The van der Waals surface area contributed by atoms with E-state index in [1.807, 2.05) is 41.5 Å². The van der Waals surface area contributed by atoms with Crippen molar-refractivity contribution in [3.8, 4) is 0 Å². The quantitative estimate of drug-likeness (QED) is 0.227. The molecule has 0 spiro atoms. The molecule has 0 saturated heterocycles. The number of ketones is 1. The number of amides is 5. The van der Waals surface area contributed by atoms with Gasteiger partial charge in [0.1, 0.15) is 12.1 Å². The molecular weight excluding hydrogens is 476 g/mol. The van der Waals surface area contributed by atoms with Crippen LogP contribution in [0.3, 0.4) is 0 Å². The zero-order chi connectivity index (χ0) is 28.9. The highest BCUT2D eigenvalue weighted by Crippen LogP contribution is 2.11. The minimum atomic E-state index is -1.01. The third-order valence-electron chi connectivity index (χ3n) is 5.59. The predicted molar refractivity (Wildman–Crippen MR) is 142 cm³/mol. The van der Waals surface area contributed by atoms with Crippen LogP contribution in [0.4, 0.5) is 0 Å². The Bertz CT molecular complexity index is 807. The second kappa shape index (κ2) is 16.9. The SMILES string of the molecule is CC(C)CCC(=O)NC(=O)[C@@H](C)NC(=O)CC(=O)[C@H](CC(C)C)NC(=O)[C@@H](NC(=O)CC(C)C)C(C)C. The van der Waals surface area contributed by atoms with Crippen molar-refractivity contribution in [2.24, 2.45) is 23.7 Å². The summed E-state index contributed by atoms with van der Waals surface area (Å²) in [5.41, 5.74) is 0. The van der Waals surface area contributed by atoms with E-state index in [1.165, 1.54) is 6.92 Å². The van der Waals surface area contributed by atoms with Crippen LogP contribution < -0.4 is 21.3 Å². The molecule has 3 atom stereocenters.